The SMILES string of the molecule is COc1ccc2c(c1)C=C(C(=NC(C)C)C(=NN)C(=O)N1CCOCC1)Cn1c-2c(C2CCCCC2)c2ccc(C(=O)NS(=O)(=O)N(C)C)cc21. The zero-order valence-electron chi connectivity index (χ0n) is 29.9. The van der Waals surface area contributed by atoms with Crippen LogP contribution in [0.3, 0.4) is 0 Å². The summed E-state index contributed by atoms with van der Waals surface area (Å²) in [5, 5.41) is 5.05. The molecule has 0 unspecified atom stereocenters. The number of nitrogens with two attached hydrogens (primary N) is 1. The fourth-order valence-corrected chi connectivity index (χ4v) is 7.82. The molecule has 3 aliphatic rings. The van der Waals surface area contributed by atoms with Gasteiger partial charge in [0, 0.05) is 60.8 Å². The predicted octanol–water partition coefficient (Wildman–Crippen LogP) is 4.32. The third-order valence-corrected chi connectivity index (χ3v) is 11.2. The lowest BCUT2D eigenvalue weighted by atomic mass is 9.81. The molecule has 0 radical (unpaired) electrons. The van der Waals surface area contributed by atoms with Crippen molar-refractivity contribution < 1.29 is 27.5 Å². The maximum absolute atomic E-state index is 14.0. The van der Waals surface area contributed by atoms with Crippen LogP contribution in [-0.4, -0.2) is 99.0 Å². The Bertz CT molecular complexity index is 2030. The van der Waals surface area contributed by atoms with E-state index in [1.165, 1.54) is 26.1 Å². The number of ether oxygens (including phenoxy) is 2. The van der Waals surface area contributed by atoms with E-state index in [1.807, 2.05) is 38.1 Å². The van der Waals surface area contributed by atoms with Crippen LogP contribution in [0.4, 0.5) is 0 Å². The van der Waals surface area contributed by atoms with Crippen molar-refractivity contribution in [2.24, 2.45) is 15.9 Å². The molecule has 272 valence electrons. The predicted molar refractivity (Wildman–Crippen MR) is 199 cm³/mol. The van der Waals surface area contributed by atoms with Gasteiger partial charge in [-0.05, 0) is 80.1 Å². The summed E-state index contributed by atoms with van der Waals surface area (Å²) in [7, 11) is 0.332. The van der Waals surface area contributed by atoms with Gasteiger partial charge in [-0.1, -0.05) is 25.3 Å². The Balaban J connectivity index is 1.60. The Morgan fingerprint density at radius 1 is 1.06 bits per heavy atom. The van der Waals surface area contributed by atoms with Crippen LogP contribution in [-0.2, 0) is 26.3 Å². The van der Waals surface area contributed by atoms with Crippen molar-refractivity contribution in [3.05, 3.63) is 58.7 Å². The second-order valence-corrected chi connectivity index (χ2v) is 15.6. The van der Waals surface area contributed by atoms with E-state index in [9.17, 15) is 18.0 Å². The molecule has 13 nitrogen and oxygen atoms in total. The standard InChI is InChI=1S/C37H47N7O6S/c1-23(2)39-33(34(40-38)37(46)43-15-17-50-18-16-43)27-19-26-20-28(49-5)12-14-29(26)35-32(24-9-7-6-8-10-24)30-13-11-25(21-31(30)44(35)22-27)36(45)41-51(47,48)42(3)4/h11-14,19-21,23-24H,6-10,15-18,22,38H2,1-5H3,(H,41,45). The number of aliphatic imine (C=N–C) groups is 1. The molecule has 0 atom stereocenters. The number of hydrogen-bond acceptors (Lipinski definition) is 9. The van der Waals surface area contributed by atoms with E-state index in [1.54, 1.807) is 24.1 Å². The Morgan fingerprint density at radius 2 is 1.78 bits per heavy atom. The van der Waals surface area contributed by atoms with Gasteiger partial charge < -0.3 is 24.8 Å². The molecule has 0 bridgehead atoms. The number of benzene rings is 2. The van der Waals surface area contributed by atoms with Gasteiger partial charge in [0.05, 0.1) is 38.3 Å². The van der Waals surface area contributed by atoms with Crippen LogP contribution in [0.2, 0.25) is 0 Å². The third-order valence-electron chi connectivity index (χ3n) is 9.80. The highest BCUT2D eigenvalue weighted by atomic mass is 32.2. The van der Waals surface area contributed by atoms with Crippen LogP contribution < -0.4 is 15.3 Å². The van der Waals surface area contributed by atoms with Gasteiger partial charge in [-0.2, -0.15) is 17.8 Å². The van der Waals surface area contributed by atoms with E-state index in [-0.39, 0.29) is 35.7 Å². The molecule has 2 aliphatic heterocycles. The van der Waals surface area contributed by atoms with E-state index in [4.69, 9.17) is 20.3 Å². The molecule has 1 aliphatic carbocycles. The molecule has 1 saturated heterocycles. The molecule has 14 heteroatoms. The topological polar surface area (TPSA) is 161 Å². The average molecular weight is 718 g/mol. The molecule has 3 aromatic rings. The number of rotatable bonds is 9. The maximum Gasteiger partial charge on any atom is 0.303 e. The molecule has 51 heavy (non-hydrogen) atoms. The number of amides is 2. The smallest absolute Gasteiger partial charge is 0.303 e. The number of hydrogen-bond donors (Lipinski definition) is 2. The number of nitrogens with one attached hydrogen (secondary N) is 1. The highest BCUT2D eigenvalue weighted by Gasteiger charge is 2.33. The lowest BCUT2D eigenvalue weighted by Gasteiger charge is -2.27. The number of aromatic nitrogens is 1. The monoisotopic (exact) mass is 717 g/mol. The summed E-state index contributed by atoms with van der Waals surface area (Å²) in [6.07, 6.45) is 7.49. The first kappa shape index (κ1) is 36.3. The van der Waals surface area contributed by atoms with Crippen molar-refractivity contribution in [1.29, 1.82) is 0 Å². The number of morpholine rings is 1. The van der Waals surface area contributed by atoms with Gasteiger partial charge in [0.15, 0.2) is 5.71 Å². The van der Waals surface area contributed by atoms with E-state index < -0.39 is 16.1 Å². The van der Waals surface area contributed by atoms with Gasteiger partial charge in [0.1, 0.15) is 5.75 Å². The molecule has 3 heterocycles. The van der Waals surface area contributed by atoms with E-state index in [2.05, 4.69) is 20.5 Å². The zero-order valence-corrected chi connectivity index (χ0v) is 30.8. The number of nitrogens with zero attached hydrogens (tertiary/aromatic N) is 5. The second-order valence-electron chi connectivity index (χ2n) is 13.7. The molecular weight excluding hydrogens is 671 g/mol. The van der Waals surface area contributed by atoms with Gasteiger partial charge in [0.2, 0.25) is 0 Å². The van der Waals surface area contributed by atoms with Crippen molar-refractivity contribution in [3.8, 4) is 17.0 Å². The molecule has 2 aromatic carbocycles. The highest BCUT2D eigenvalue weighted by Crippen LogP contribution is 2.47. The van der Waals surface area contributed by atoms with Crippen molar-refractivity contribution >= 4 is 50.4 Å². The summed E-state index contributed by atoms with van der Waals surface area (Å²) < 4.78 is 41.7. The van der Waals surface area contributed by atoms with Crippen LogP contribution in [0.5, 0.6) is 5.75 Å². The third kappa shape index (κ3) is 7.30. The van der Waals surface area contributed by atoms with Crippen molar-refractivity contribution in [2.45, 2.75) is 64.5 Å². The molecular formula is C37H47N7O6S. The number of fused-ring (bicyclic) bond motifs is 5. The number of carbonyl (C=O) groups is 2. The van der Waals surface area contributed by atoms with Crippen LogP contribution in [0, 0.1) is 0 Å². The molecule has 6 rings (SSSR count). The highest BCUT2D eigenvalue weighted by molar-refractivity contribution is 7.87. The molecule has 3 N–H and O–H groups in total. The fourth-order valence-electron chi connectivity index (χ4n) is 7.28. The zero-order chi connectivity index (χ0) is 36.4. The fraction of sp³-hybridized carbons (Fsp3) is 0.459. The van der Waals surface area contributed by atoms with E-state index in [0.717, 1.165) is 57.7 Å². The van der Waals surface area contributed by atoms with Crippen molar-refractivity contribution in [1.82, 2.24) is 18.5 Å². The summed E-state index contributed by atoms with van der Waals surface area (Å²) in [4.78, 5) is 34.1. The van der Waals surface area contributed by atoms with Crippen LogP contribution in [0.15, 0.2) is 52.1 Å². The summed E-state index contributed by atoms with van der Waals surface area (Å²) >= 11 is 0. The van der Waals surface area contributed by atoms with Crippen LogP contribution in [0.25, 0.3) is 28.2 Å². The summed E-state index contributed by atoms with van der Waals surface area (Å²) in [5.74, 6) is 5.93. The normalized spacial score (nSPS) is 17.6. The van der Waals surface area contributed by atoms with Crippen molar-refractivity contribution in [2.75, 3.05) is 47.5 Å². The van der Waals surface area contributed by atoms with Gasteiger partial charge in [-0.25, -0.2) is 4.72 Å². The first-order valence-corrected chi connectivity index (χ1v) is 18.9. The van der Waals surface area contributed by atoms with Crippen LogP contribution >= 0.6 is 0 Å². The van der Waals surface area contributed by atoms with Crippen LogP contribution in [0.1, 0.15) is 73.4 Å². The quantitative estimate of drug-likeness (QED) is 0.189. The van der Waals surface area contributed by atoms with Gasteiger partial charge >= 0.3 is 10.2 Å². The number of carbonyl (C=O) groups excluding carboxylic acids is 2. The first-order valence-electron chi connectivity index (χ1n) is 17.5. The lowest BCUT2D eigenvalue weighted by Crippen LogP contribution is -2.47. The molecule has 2 fully saturated rings. The minimum absolute atomic E-state index is 0.0580. The van der Waals surface area contributed by atoms with Gasteiger partial charge in [-0.3, -0.25) is 14.6 Å². The molecule has 1 aromatic heterocycles. The minimum atomic E-state index is -4.02. The Morgan fingerprint density at radius 3 is 2.43 bits per heavy atom. The summed E-state index contributed by atoms with van der Waals surface area (Å²) in [6, 6.07) is 11.2. The maximum atomic E-state index is 14.0. The number of hydrazone groups is 1. The number of methoxy groups -OCH3 is 1. The second kappa shape index (κ2) is 15.0. The number of allylic oxidation sites excluding steroid dienone is 1. The first-order chi connectivity index (χ1) is 24.4. The Hall–Kier alpha value is -4.53. The van der Waals surface area contributed by atoms with Crippen molar-refractivity contribution in [3.63, 3.8) is 0 Å². The van der Waals surface area contributed by atoms with Gasteiger partial charge in [0.25, 0.3) is 11.8 Å². The summed E-state index contributed by atoms with van der Waals surface area (Å²) in [6.45, 7) is 5.82. The Kier molecular flexibility index (Phi) is 10.7. The molecule has 1 saturated carbocycles. The average Bonchev–Trinajstić information content (AvgIpc) is 3.34. The minimum Gasteiger partial charge on any atom is -0.497 e. The van der Waals surface area contributed by atoms with E-state index in [0.29, 0.717) is 43.3 Å². The largest absolute Gasteiger partial charge is 0.497 e. The van der Waals surface area contributed by atoms with E-state index >= 15 is 0 Å². The van der Waals surface area contributed by atoms with Gasteiger partial charge in [-0.15, -0.1) is 0 Å². The lowest BCUT2D eigenvalue weighted by molar-refractivity contribution is -0.127. The molecule has 2 amide bonds. The summed E-state index contributed by atoms with van der Waals surface area (Å²) in [5.41, 5.74) is 6.18. The Labute approximate surface area is 299 Å². The molecule has 0 spiro atoms.